The fraction of sp³-hybridized carbons (Fsp3) is 0.586. The van der Waals surface area contributed by atoms with Crippen LogP contribution < -0.4 is 9.47 Å². The molecule has 2 aromatic rings. The van der Waals surface area contributed by atoms with Gasteiger partial charge >= 0.3 is 0 Å². The molecule has 8 heteroatoms. The van der Waals surface area contributed by atoms with E-state index in [1.54, 1.807) is 30.5 Å². The number of amides is 2. The van der Waals surface area contributed by atoms with Crippen molar-refractivity contribution in [3.63, 3.8) is 0 Å². The molecule has 0 bridgehead atoms. The van der Waals surface area contributed by atoms with Crippen molar-refractivity contribution in [2.24, 2.45) is 0 Å². The zero-order valence-electron chi connectivity index (χ0n) is 22.6. The molecule has 7 nitrogen and oxygen atoms in total. The van der Waals surface area contributed by atoms with E-state index in [9.17, 15) is 9.59 Å². The van der Waals surface area contributed by atoms with Gasteiger partial charge < -0.3 is 24.0 Å². The number of benzene rings is 1. The second-order valence-electron chi connectivity index (χ2n) is 9.55. The number of unbranched alkanes of at least 4 members (excludes halogenated alkanes) is 3. The molecule has 1 saturated heterocycles. The number of methoxy groups -OCH3 is 2. The summed E-state index contributed by atoms with van der Waals surface area (Å²) in [6.07, 6.45) is 7.28. The second kappa shape index (κ2) is 15.6. The molecule has 0 aliphatic carbocycles. The standard InChI is InChI=1S/C29H42N2O5S/c1-4-5-6-7-12-28(32)31(20-24-10-8-17-36-24)22-29(33)30(21-25-11-9-18-37-25)16-15-23-13-14-26(34-2)27(19-23)35-3/h9,11,13-14,18-19,24H,4-8,10,12,15-17,20-22H2,1-3H3. The molecular formula is C29H42N2O5S. The van der Waals surface area contributed by atoms with Gasteiger partial charge in [0.15, 0.2) is 11.5 Å². The maximum Gasteiger partial charge on any atom is 0.242 e. The first-order chi connectivity index (χ1) is 18.0. The highest BCUT2D eigenvalue weighted by Gasteiger charge is 2.26. The van der Waals surface area contributed by atoms with E-state index in [-0.39, 0.29) is 24.5 Å². The smallest absolute Gasteiger partial charge is 0.242 e. The van der Waals surface area contributed by atoms with Gasteiger partial charge in [-0.1, -0.05) is 38.3 Å². The highest BCUT2D eigenvalue weighted by Crippen LogP contribution is 2.28. The Morgan fingerprint density at radius 3 is 2.57 bits per heavy atom. The van der Waals surface area contributed by atoms with E-state index in [1.807, 2.05) is 40.6 Å². The van der Waals surface area contributed by atoms with Gasteiger partial charge in [0, 0.05) is 31.0 Å². The van der Waals surface area contributed by atoms with Crippen molar-refractivity contribution in [3.05, 3.63) is 46.2 Å². The third kappa shape index (κ3) is 9.34. The van der Waals surface area contributed by atoms with Gasteiger partial charge in [-0.25, -0.2) is 0 Å². The van der Waals surface area contributed by atoms with Gasteiger partial charge in [-0.3, -0.25) is 9.59 Å². The Morgan fingerprint density at radius 1 is 1.05 bits per heavy atom. The molecule has 1 atom stereocenters. The van der Waals surface area contributed by atoms with Crippen molar-refractivity contribution in [2.45, 2.75) is 70.9 Å². The Balaban J connectivity index is 1.69. The molecule has 0 saturated carbocycles. The van der Waals surface area contributed by atoms with Crippen LogP contribution in [0.1, 0.15) is 62.3 Å². The normalized spacial score (nSPS) is 14.9. The summed E-state index contributed by atoms with van der Waals surface area (Å²) in [7, 11) is 3.24. The van der Waals surface area contributed by atoms with Gasteiger partial charge in [-0.2, -0.15) is 0 Å². The molecule has 3 rings (SSSR count). The Morgan fingerprint density at radius 2 is 1.89 bits per heavy atom. The first-order valence-electron chi connectivity index (χ1n) is 13.4. The molecule has 1 aromatic heterocycles. The fourth-order valence-electron chi connectivity index (χ4n) is 4.60. The molecule has 0 radical (unpaired) electrons. The van der Waals surface area contributed by atoms with Crippen LogP contribution in [-0.4, -0.2) is 68.2 Å². The van der Waals surface area contributed by atoms with Crippen LogP contribution in [0.3, 0.4) is 0 Å². The summed E-state index contributed by atoms with van der Waals surface area (Å²) in [6.45, 7) is 4.54. The Bertz CT molecular complexity index is 959. The van der Waals surface area contributed by atoms with E-state index in [4.69, 9.17) is 14.2 Å². The number of carbonyl (C=O) groups excluding carboxylic acids is 2. The highest BCUT2D eigenvalue weighted by molar-refractivity contribution is 7.09. The lowest BCUT2D eigenvalue weighted by Crippen LogP contribution is -2.45. The van der Waals surface area contributed by atoms with E-state index in [0.29, 0.717) is 44.0 Å². The predicted molar refractivity (Wildman–Crippen MR) is 147 cm³/mol. The summed E-state index contributed by atoms with van der Waals surface area (Å²) in [4.78, 5) is 31.5. The monoisotopic (exact) mass is 530 g/mol. The van der Waals surface area contributed by atoms with Crippen LogP contribution in [0.5, 0.6) is 11.5 Å². The van der Waals surface area contributed by atoms with Crippen LogP contribution in [0.25, 0.3) is 0 Å². The van der Waals surface area contributed by atoms with E-state index in [0.717, 1.165) is 55.6 Å². The predicted octanol–water partition coefficient (Wildman–Crippen LogP) is 5.31. The minimum absolute atomic E-state index is 0.0184. The van der Waals surface area contributed by atoms with Gasteiger partial charge in [0.05, 0.1) is 33.4 Å². The van der Waals surface area contributed by atoms with Gasteiger partial charge in [0.25, 0.3) is 0 Å². The average Bonchev–Trinajstić information content (AvgIpc) is 3.62. The number of ether oxygens (including phenoxy) is 3. The topological polar surface area (TPSA) is 68.3 Å². The van der Waals surface area contributed by atoms with E-state index >= 15 is 0 Å². The molecule has 2 amide bonds. The minimum Gasteiger partial charge on any atom is -0.493 e. The van der Waals surface area contributed by atoms with Crippen molar-refractivity contribution >= 4 is 23.2 Å². The number of thiophene rings is 1. The Hall–Kier alpha value is -2.58. The van der Waals surface area contributed by atoms with Crippen molar-refractivity contribution in [1.29, 1.82) is 0 Å². The Kier molecular flexibility index (Phi) is 12.2. The van der Waals surface area contributed by atoms with Gasteiger partial charge in [-0.05, 0) is 54.8 Å². The van der Waals surface area contributed by atoms with Crippen LogP contribution in [-0.2, 0) is 27.3 Å². The number of rotatable bonds is 16. The SMILES string of the molecule is CCCCCCC(=O)N(CC(=O)N(CCc1ccc(OC)c(OC)c1)Cc1cccs1)CC1CCCO1. The molecule has 0 spiro atoms. The van der Waals surface area contributed by atoms with Crippen molar-refractivity contribution < 1.29 is 23.8 Å². The third-order valence-corrected chi connectivity index (χ3v) is 7.63. The van der Waals surface area contributed by atoms with E-state index < -0.39 is 0 Å². The summed E-state index contributed by atoms with van der Waals surface area (Å²) in [5.41, 5.74) is 1.06. The summed E-state index contributed by atoms with van der Waals surface area (Å²) >= 11 is 1.64. The quantitative estimate of drug-likeness (QED) is 0.275. The van der Waals surface area contributed by atoms with Gasteiger partial charge in [0.2, 0.25) is 11.8 Å². The number of hydrogen-bond acceptors (Lipinski definition) is 6. The molecule has 1 aliphatic rings. The Labute approximate surface area is 225 Å². The summed E-state index contributed by atoms with van der Waals surface area (Å²) in [5, 5.41) is 2.02. The van der Waals surface area contributed by atoms with Crippen molar-refractivity contribution in [2.75, 3.05) is 40.5 Å². The molecule has 204 valence electrons. The van der Waals surface area contributed by atoms with Crippen LogP contribution in [0.2, 0.25) is 0 Å². The fourth-order valence-corrected chi connectivity index (χ4v) is 5.32. The summed E-state index contributed by atoms with van der Waals surface area (Å²) < 4.78 is 16.6. The van der Waals surface area contributed by atoms with Crippen LogP contribution in [0.15, 0.2) is 35.7 Å². The van der Waals surface area contributed by atoms with Gasteiger partial charge in [0.1, 0.15) is 0 Å². The first-order valence-corrected chi connectivity index (χ1v) is 14.3. The van der Waals surface area contributed by atoms with Crippen molar-refractivity contribution in [1.82, 2.24) is 9.80 Å². The third-order valence-electron chi connectivity index (χ3n) is 6.77. The largest absolute Gasteiger partial charge is 0.493 e. The lowest BCUT2D eigenvalue weighted by molar-refractivity contribution is -0.142. The molecule has 1 aromatic carbocycles. The van der Waals surface area contributed by atoms with Crippen LogP contribution >= 0.6 is 11.3 Å². The molecule has 2 heterocycles. The zero-order chi connectivity index (χ0) is 26.5. The number of hydrogen-bond donors (Lipinski definition) is 0. The number of nitrogens with zero attached hydrogens (tertiary/aromatic N) is 2. The minimum atomic E-state index is -0.0335. The van der Waals surface area contributed by atoms with E-state index in [1.165, 1.54) is 0 Å². The van der Waals surface area contributed by atoms with Gasteiger partial charge in [-0.15, -0.1) is 11.3 Å². The lowest BCUT2D eigenvalue weighted by Gasteiger charge is -2.29. The summed E-state index contributed by atoms with van der Waals surface area (Å²) in [5.74, 6) is 1.37. The molecular weight excluding hydrogens is 488 g/mol. The molecule has 1 fully saturated rings. The summed E-state index contributed by atoms with van der Waals surface area (Å²) in [6, 6.07) is 9.89. The number of carbonyl (C=O) groups is 2. The van der Waals surface area contributed by atoms with Crippen LogP contribution in [0.4, 0.5) is 0 Å². The van der Waals surface area contributed by atoms with E-state index in [2.05, 4.69) is 6.92 Å². The molecule has 1 aliphatic heterocycles. The maximum absolute atomic E-state index is 13.6. The average molecular weight is 531 g/mol. The first kappa shape index (κ1) is 29.0. The highest BCUT2D eigenvalue weighted by atomic mass is 32.1. The maximum atomic E-state index is 13.6. The molecule has 37 heavy (non-hydrogen) atoms. The van der Waals surface area contributed by atoms with Crippen LogP contribution in [0, 0.1) is 0 Å². The second-order valence-corrected chi connectivity index (χ2v) is 10.6. The zero-order valence-corrected chi connectivity index (χ0v) is 23.4. The molecule has 1 unspecified atom stereocenters. The van der Waals surface area contributed by atoms with Crippen molar-refractivity contribution in [3.8, 4) is 11.5 Å². The molecule has 0 N–H and O–H groups in total. The lowest BCUT2D eigenvalue weighted by atomic mass is 10.1.